The number of nitrogens with one attached hydrogen (secondary N) is 2. The van der Waals surface area contributed by atoms with Crippen molar-refractivity contribution in [3.63, 3.8) is 0 Å². The van der Waals surface area contributed by atoms with Crippen LogP contribution < -0.4 is 10.6 Å². The highest BCUT2D eigenvalue weighted by Gasteiger charge is 2.15. The van der Waals surface area contributed by atoms with Gasteiger partial charge in [0.2, 0.25) is 11.8 Å². The van der Waals surface area contributed by atoms with Gasteiger partial charge in [-0.2, -0.15) is 0 Å². The van der Waals surface area contributed by atoms with Crippen molar-refractivity contribution >= 4 is 29.4 Å². The largest absolute Gasteiger partial charge is 0.352 e. The second-order valence-corrected chi connectivity index (χ2v) is 4.25. The summed E-state index contributed by atoms with van der Waals surface area (Å²) in [6.45, 7) is 3.54. The van der Waals surface area contributed by atoms with Crippen LogP contribution >= 0.6 is 11.6 Å². The molecular weight excluding hydrogens is 246 g/mol. The van der Waals surface area contributed by atoms with Crippen LogP contribution in [0.4, 0.5) is 4.79 Å². The van der Waals surface area contributed by atoms with Crippen LogP contribution in [0.3, 0.4) is 0 Å². The number of urea groups is 1. The first kappa shape index (κ1) is 15.7. The number of halogens is 1. The number of alkyl halides is 1. The van der Waals surface area contributed by atoms with Gasteiger partial charge in [-0.15, -0.1) is 11.6 Å². The fourth-order valence-electron chi connectivity index (χ4n) is 1.02. The molecule has 7 heteroatoms. The van der Waals surface area contributed by atoms with Crippen LogP contribution in [-0.4, -0.2) is 48.3 Å². The third-order valence-corrected chi connectivity index (χ3v) is 1.93. The Kier molecular flexibility index (Phi) is 7.29. The molecule has 0 rings (SSSR count). The second-order valence-electron chi connectivity index (χ2n) is 3.87. The fourth-order valence-corrected chi connectivity index (χ4v) is 1.19. The Balaban J connectivity index is 4.05. The molecule has 0 saturated carbocycles. The molecule has 0 fully saturated rings. The smallest absolute Gasteiger partial charge is 0.324 e. The van der Waals surface area contributed by atoms with Crippen molar-refractivity contribution in [2.45, 2.75) is 26.3 Å². The molecule has 0 aliphatic rings. The molecule has 0 heterocycles. The molecule has 2 N–H and O–H groups in total. The third-order valence-electron chi connectivity index (χ3n) is 1.75. The average Bonchev–Trinajstić information content (AvgIpc) is 2.15. The lowest BCUT2D eigenvalue weighted by molar-refractivity contribution is -0.123. The molecule has 0 saturated heterocycles. The summed E-state index contributed by atoms with van der Waals surface area (Å²) in [7, 11) is 1.43. The molecule has 0 unspecified atom stereocenters. The van der Waals surface area contributed by atoms with Crippen LogP contribution in [0.25, 0.3) is 0 Å². The molecule has 0 aromatic heterocycles. The van der Waals surface area contributed by atoms with Gasteiger partial charge in [0.05, 0.1) is 0 Å². The van der Waals surface area contributed by atoms with Crippen LogP contribution in [0.15, 0.2) is 0 Å². The summed E-state index contributed by atoms with van der Waals surface area (Å²) in [6, 6.07) is -0.601. The Morgan fingerprint density at radius 3 is 2.29 bits per heavy atom. The Morgan fingerprint density at radius 1 is 1.24 bits per heavy atom. The molecule has 6 nitrogen and oxygen atoms in total. The van der Waals surface area contributed by atoms with Gasteiger partial charge in [0.1, 0.15) is 6.54 Å². The summed E-state index contributed by atoms with van der Waals surface area (Å²) in [5.41, 5.74) is 0. The maximum Gasteiger partial charge on any atom is 0.324 e. The van der Waals surface area contributed by atoms with Gasteiger partial charge in [-0.1, -0.05) is 0 Å². The summed E-state index contributed by atoms with van der Waals surface area (Å²) < 4.78 is 0. The van der Waals surface area contributed by atoms with Gasteiger partial charge in [0.15, 0.2) is 0 Å². The fraction of sp³-hybridized carbons (Fsp3) is 0.700. The lowest BCUT2D eigenvalue weighted by atomic mass is 10.4. The van der Waals surface area contributed by atoms with Crippen molar-refractivity contribution in [3.05, 3.63) is 0 Å². The number of carbonyl (C=O) groups excluding carboxylic acids is 3. The van der Waals surface area contributed by atoms with Crippen LogP contribution in [-0.2, 0) is 9.59 Å². The summed E-state index contributed by atoms with van der Waals surface area (Å²) in [4.78, 5) is 35.0. The number of amides is 4. The summed E-state index contributed by atoms with van der Waals surface area (Å²) in [5.74, 6) is -0.583. The summed E-state index contributed by atoms with van der Waals surface area (Å²) in [5, 5.41) is 4.76. The van der Waals surface area contributed by atoms with Crippen molar-refractivity contribution in [2.75, 3.05) is 19.5 Å². The standard InChI is InChI=1S/C10H18ClN3O3/c1-7(2)12-9(16)6-14(3)10(17)13-8(15)4-5-11/h7H,4-6H2,1-3H3,(H,12,16)(H,13,15,17). The predicted octanol–water partition coefficient (Wildman–Crippen LogP) is 0.308. The minimum atomic E-state index is -0.612. The lowest BCUT2D eigenvalue weighted by Gasteiger charge is -2.17. The number of likely N-dealkylation sites (N-methyl/N-ethyl adjacent to an activating group) is 1. The number of nitrogens with zero attached hydrogens (tertiary/aromatic N) is 1. The van der Waals surface area contributed by atoms with Crippen molar-refractivity contribution in [3.8, 4) is 0 Å². The second kappa shape index (κ2) is 7.89. The maximum atomic E-state index is 11.4. The van der Waals surface area contributed by atoms with E-state index >= 15 is 0 Å². The number of hydrogen-bond donors (Lipinski definition) is 2. The zero-order chi connectivity index (χ0) is 13.4. The first-order valence-electron chi connectivity index (χ1n) is 5.27. The van der Waals surface area contributed by atoms with Crippen molar-refractivity contribution in [2.24, 2.45) is 0 Å². The van der Waals surface area contributed by atoms with Crippen molar-refractivity contribution in [1.29, 1.82) is 0 Å². The van der Waals surface area contributed by atoms with E-state index < -0.39 is 11.9 Å². The Hall–Kier alpha value is -1.30. The van der Waals surface area contributed by atoms with Gasteiger partial charge in [0, 0.05) is 25.4 Å². The average molecular weight is 264 g/mol. The van der Waals surface area contributed by atoms with Crippen LogP contribution in [0.2, 0.25) is 0 Å². The quantitative estimate of drug-likeness (QED) is 0.701. The zero-order valence-electron chi connectivity index (χ0n) is 10.2. The minimum Gasteiger partial charge on any atom is -0.352 e. The van der Waals surface area contributed by atoms with Gasteiger partial charge in [-0.25, -0.2) is 4.79 Å². The topological polar surface area (TPSA) is 78.5 Å². The van der Waals surface area contributed by atoms with E-state index in [4.69, 9.17) is 11.6 Å². The molecule has 0 aromatic carbocycles. The monoisotopic (exact) mass is 263 g/mol. The first-order valence-corrected chi connectivity index (χ1v) is 5.80. The Morgan fingerprint density at radius 2 is 1.82 bits per heavy atom. The Bertz CT molecular complexity index is 295. The van der Waals surface area contributed by atoms with E-state index in [-0.39, 0.29) is 30.8 Å². The molecule has 0 aliphatic carbocycles. The van der Waals surface area contributed by atoms with Crippen molar-refractivity contribution < 1.29 is 14.4 Å². The van der Waals surface area contributed by atoms with Crippen LogP contribution in [0, 0.1) is 0 Å². The number of rotatable bonds is 5. The number of imide groups is 1. The summed E-state index contributed by atoms with van der Waals surface area (Å²) in [6.07, 6.45) is 0.0688. The van der Waals surface area contributed by atoms with Gasteiger partial charge in [-0.05, 0) is 13.8 Å². The maximum absolute atomic E-state index is 11.4. The molecule has 17 heavy (non-hydrogen) atoms. The molecule has 98 valence electrons. The van der Waals surface area contributed by atoms with E-state index in [1.807, 2.05) is 13.8 Å². The SMILES string of the molecule is CC(C)NC(=O)CN(C)C(=O)NC(=O)CCCl. The third kappa shape index (κ3) is 7.57. The van der Waals surface area contributed by atoms with Crippen molar-refractivity contribution in [1.82, 2.24) is 15.5 Å². The zero-order valence-corrected chi connectivity index (χ0v) is 11.0. The van der Waals surface area contributed by atoms with E-state index in [9.17, 15) is 14.4 Å². The highest BCUT2D eigenvalue weighted by Crippen LogP contribution is 1.89. The van der Waals surface area contributed by atoms with E-state index in [1.165, 1.54) is 7.05 Å². The van der Waals surface area contributed by atoms with E-state index in [2.05, 4.69) is 10.6 Å². The molecule has 0 radical (unpaired) electrons. The van der Waals surface area contributed by atoms with Gasteiger partial charge >= 0.3 is 6.03 Å². The van der Waals surface area contributed by atoms with E-state index in [0.717, 1.165) is 4.90 Å². The van der Waals surface area contributed by atoms with Crippen LogP contribution in [0.5, 0.6) is 0 Å². The molecule has 4 amide bonds. The van der Waals surface area contributed by atoms with Gasteiger partial charge in [0.25, 0.3) is 0 Å². The normalized spacial score (nSPS) is 9.94. The highest BCUT2D eigenvalue weighted by molar-refractivity contribution is 6.19. The minimum absolute atomic E-state index is 0.0110. The highest BCUT2D eigenvalue weighted by atomic mass is 35.5. The molecule has 0 aromatic rings. The van der Waals surface area contributed by atoms with Gasteiger partial charge in [-0.3, -0.25) is 14.9 Å². The summed E-state index contributed by atoms with van der Waals surface area (Å²) >= 11 is 5.35. The lowest BCUT2D eigenvalue weighted by Crippen LogP contribution is -2.46. The van der Waals surface area contributed by atoms with E-state index in [1.54, 1.807) is 0 Å². The number of carbonyl (C=O) groups is 3. The molecule has 0 spiro atoms. The van der Waals surface area contributed by atoms with Gasteiger partial charge < -0.3 is 10.2 Å². The molecule has 0 atom stereocenters. The Labute approximate surface area is 106 Å². The predicted molar refractivity (Wildman–Crippen MR) is 64.8 cm³/mol. The molecular formula is C10H18ClN3O3. The van der Waals surface area contributed by atoms with Crippen LogP contribution in [0.1, 0.15) is 20.3 Å². The van der Waals surface area contributed by atoms with E-state index in [0.29, 0.717) is 0 Å². The number of hydrogen-bond acceptors (Lipinski definition) is 3. The molecule has 0 aliphatic heterocycles. The first-order chi connectivity index (χ1) is 7.86. The molecule has 0 bridgehead atoms.